The molecule has 1 N–H and O–H groups in total. The zero-order chi connectivity index (χ0) is 27.0. The number of nitrogens with zero attached hydrogens (tertiary/aromatic N) is 2. The van der Waals surface area contributed by atoms with Gasteiger partial charge in [0.15, 0.2) is 0 Å². The van der Waals surface area contributed by atoms with E-state index in [4.69, 9.17) is 4.74 Å². The fourth-order valence-corrected chi connectivity index (χ4v) is 5.68. The highest BCUT2D eigenvalue weighted by molar-refractivity contribution is 7.92. The third-order valence-electron chi connectivity index (χ3n) is 6.81. The van der Waals surface area contributed by atoms with Crippen molar-refractivity contribution >= 4 is 27.5 Å². The van der Waals surface area contributed by atoms with Gasteiger partial charge in [0.25, 0.3) is 0 Å². The normalized spacial score (nSPS) is 15.0. The number of ether oxygens (including phenoxy) is 1. The summed E-state index contributed by atoms with van der Waals surface area (Å²) in [5.41, 5.74) is 2.28. The number of rotatable bonds is 11. The number of hydrogen-bond donors (Lipinski definition) is 1. The molecule has 1 fully saturated rings. The van der Waals surface area contributed by atoms with Crippen molar-refractivity contribution in [3.05, 3.63) is 59.7 Å². The number of nitrogens with one attached hydrogen (secondary N) is 1. The summed E-state index contributed by atoms with van der Waals surface area (Å²) >= 11 is 0. The van der Waals surface area contributed by atoms with Gasteiger partial charge >= 0.3 is 0 Å². The summed E-state index contributed by atoms with van der Waals surface area (Å²) in [6.45, 7) is 3.64. The average Bonchev–Trinajstić information content (AvgIpc) is 2.87. The van der Waals surface area contributed by atoms with Crippen LogP contribution in [0.2, 0.25) is 0 Å². The summed E-state index contributed by atoms with van der Waals surface area (Å²) in [6, 6.07) is 13.7. The Hall–Kier alpha value is -3.07. The molecule has 0 radical (unpaired) electrons. The topological polar surface area (TPSA) is 96.0 Å². The molecular weight excluding hydrogens is 490 g/mol. The fourth-order valence-electron chi connectivity index (χ4n) is 4.83. The van der Waals surface area contributed by atoms with Crippen molar-refractivity contribution in [2.45, 2.75) is 71.0 Å². The Kier molecular flexibility index (Phi) is 9.97. The molecule has 0 bridgehead atoms. The van der Waals surface area contributed by atoms with E-state index < -0.39 is 28.5 Å². The van der Waals surface area contributed by atoms with E-state index in [1.807, 2.05) is 38.1 Å². The van der Waals surface area contributed by atoms with Gasteiger partial charge in [0.05, 0.1) is 19.1 Å². The summed E-state index contributed by atoms with van der Waals surface area (Å²) in [5, 5.41) is 3.15. The Balaban J connectivity index is 1.90. The van der Waals surface area contributed by atoms with Crippen LogP contribution in [0.1, 0.15) is 56.6 Å². The third-order valence-corrected chi connectivity index (χ3v) is 7.95. The first-order chi connectivity index (χ1) is 17.6. The van der Waals surface area contributed by atoms with Crippen LogP contribution < -0.4 is 14.4 Å². The summed E-state index contributed by atoms with van der Waals surface area (Å²) in [4.78, 5) is 28.7. The van der Waals surface area contributed by atoms with Crippen molar-refractivity contribution in [1.82, 2.24) is 10.2 Å². The minimum absolute atomic E-state index is 0.109. The van der Waals surface area contributed by atoms with Crippen LogP contribution in [-0.4, -0.2) is 57.1 Å². The molecule has 2 aromatic carbocycles. The van der Waals surface area contributed by atoms with Crippen LogP contribution in [0.3, 0.4) is 0 Å². The monoisotopic (exact) mass is 529 g/mol. The van der Waals surface area contributed by atoms with Gasteiger partial charge in [-0.2, -0.15) is 0 Å². The third kappa shape index (κ3) is 7.95. The van der Waals surface area contributed by atoms with Gasteiger partial charge in [-0.25, -0.2) is 8.42 Å². The number of sulfonamides is 1. The second-order valence-electron chi connectivity index (χ2n) is 9.75. The molecule has 9 heteroatoms. The van der Waals surface area contributed by atoms with E-state index in [-0.39, 0.29) is 18.5 Å². The first kappa shape index (κ1) is 28.5. The second kappa shape index (κ2) is 12.9. The highest BCUT2D eigenvalue weighted by atomic mass is 32.2. The molecule has 0 spiro atoms. The van der Waals surface area contributed by atoms with Gasteiger partial charge in [0.1, 0.15) is 18.3 Å². The van der Waals surface area contributed by atoms with Gasteiger partial charge in [0.2, 0.25) is 21.8 Å². The van der Waals surface area contributed by atoms with Crippen LogP contribution in [0.25, 0.3) is 0 Å². The Morgan fingerprint density at radius 1 is 1.08 bits per heavy atom. The van der Waals surface area contributed by atoms with E-state index >= 15 is 0 Å². The summed E-state index contributed by atoms with van der Waals surface area (Å²) in [6.07, 6.45) is 6.70. The maximum atomic E-state index is 13.8. The molecule has 3 rings (SSSR count). The lowest BCUT2D eigenvalue weighted by molar-refractivity contribution is -0.140. The molecule has 37 heavy (non-hydrogen) atoms. The molecule has 1 atom stereocenters. The molecule has 0 saturated heterocycles. The molecule has 2 amide bonds. The zero-order valence-electron chi connectivity index (χ0n) is 22.3. The molecule has 0 heterocycles. The number of methoxy groups -OCH3 is 1. The number of anilines is 1. The molecule has 1 saturated carbocycles. The molecule has 1 aliphatic rings. The molecule has 0 aromatic heterocycles. The minimum atomic E-state index is -3.78. The van der Waals surface area contributed by atoms with E-state index in [0.29, 0.717) is 17.9 Å². The van der Waals surface area contributed by atoms with Crippen LogP contribution >= 0.6 is 0 Å². The second-order valence-corrected chi connectivity index (χ2v) is 11.7. The lowest BCUT2D eigenvalue weighted by Gasteiger charge is -2.34. The SMILES string of the molecule is CCC(C(=O)NC1CCCCC1)N(Cc1cccc(C)c1)C(=O)CN(c1ccc(OC)cc1)S(C)(=O)=O. The first-order valence-electron chi connectivity index (χ1n) is 12.9. The minimum Gasteiger partial charge on any atom is -0.497 e. The van der Waals surface area contributed by atoms with Crippen LogP contribution in [0.5, 0.6) is 5.75 Å². The molecule has 1 aliphatic carbocycles. The number of carbonyl (C=O) groups is 2. The predicted molar refractivity (Wildman–Crippen MR) is 146 cm³/mol. The van der Waals surface area contributed by atoms with E-state index in [0.717, 1.165) is 47.4 Å². The Labute approximate surface area is 221 Å². The van der Waals surface area contributed by atoms with E-state index in [9.17, 15) is 18.0 Å². The first-order valence-corrected chi connectivity index (χ1v) is 14.7. The van der Waals surface area contributed by atoms with Crippen molar-refractivity contribution in [3.8, 4) is 5.75 Å². The van der Waals surface area contributed by atoms with E-state index in [2.05, 4.69) is 5.32 Å². The Morgan fingerprint density at radius 2 is 1.76 bits per heavy atom. The Bertz CT molecular complexity index is 1160. The van der Waals surface area contributed by atoms with E-state index in [1.165, 1.54) is 18.4 Å². The van der Waals surface area contributed by atoms with Gasteiger partial charge in [-0.3, -0.25) is 13.9 Å². The molecule has 8 nitrogen and oxygen atoms in total. The average molecular weight is 530 g/mol. The number of benzene rings is 2. The highest BCUT2D eigenvalue weighted by Gasteiger charge is 2.32. The van der Waals surface area contributed by atoms with E-state index in [1.54, 1.807) is 24.3 Å². The highest BCUT2D eigenvalue weighted by Crippen LogP contribution is 2.23. The molecular formula is C28H39N3O5S. The smallest absolute Gasteiger partial charge is 0.244 e. The summed E-state index contributed by atoms with van der Waals surface area (Å²) in [7, 11) is -2.25. The number of aryl methyl sites for hydroxylation is 1. The largest absolute Gasteiger partial charge is 0.497 e. The van der Waals surface area contributed by atoms with Crippen LogP contribution in [0.15, 0.2) is 48.5 Å². The van der Waals surface area contributed by atoms with Crippen molar-refractivity contribution in [1.29, 1.82) is 0 Å². The van der Waals surface area contributed by atoms with Gasteiger partial charge in [0, 0.05) is 12.6 Å². The lowest BCUT2D eigenvalue weighted by Crippen LogP contribution is -2.53. The number of carbonyl (C=O) groups excluding carboxylic acids is 2. The zero-order valence-corrected chi connectivity index (χ0v) is 23.1. The van der Waals surface area contributed by atoms with Crippen LogP contribution in [0, 0.1) is 6.92 Å². The van der Waals surface area contributed by atoms with Crippen LogP contribution in [-0.2, 0) is 26.2 Å². The van der Waals surface area contributed by atoms with Crippen molar-refractivity contribution in [2.75, 3.05) is 24.2 Å². The molecule has 202 valence electrons. The predicted octanol–water partition coefficient (Wildman–Crippen LogP) is 4.03. The lowest BCUT2D eigenvalue weighted by atomic mass is 9.95. The molecule has 2 aromatic rings. The van der Waals surface area contributed by atoms with Gasteiger partial charge in [-0.1, -0.05) is 56.0 Å². The van der Waals surface area contributed by atoms with Gasteiger partial charge < -0.3 is 15.0 Å². The quantitative estimate of drug-likeness (QED) is 0.474. The Morgan fingerprint density at radius 3 is 2.32 bits per heavy atom. The van der Waals surface area contributed by atoms with Gasteiger partial charge in [-0.15, -0.1) is 0 Å². The van der Waals surface area contributed by atoms with Crippen LogP contribution in [0.4, 0.5) is 5.69 Å². The standard InChI is InChI=1S/C28H39N3O5S/c1-5-26(28(33)29-23-12-7-6-8-13-23)30(19-22-11-9-10-21(2)18-22)27(32)20-31(37(4,34)35)24-14-16-25(36-3)17-15-24/h9-11,14-18,23,26H,5-8,12-13,19-20H2,1-4H3,(H,29,33). The fraction of sp³-hybridized carbons (Fsp3) is 0.500. The maximum absolute atomic E-state index is 13.8. The van der Waals surface area contributed by atoms with Crippen molar-refractivity contribution in [2.24, 2.45) is 0 Å². The van der Waals surface area contributed by atoms with Crippen molar-refractivity contribution in [3.63, 3.8) is 0 Å². The van der Waals surface area contributed by atoms with Gasteiger partial charge in [-0.05, 0) is 56.0 Å². The number of hydrogen-bond acceptors (Lipinski definition) is 5. The summed E-state index contributed by atoms with van der Waals surface area (Å²) < 4.78 is 31.7. The number of amides is 2. The molecule has 1 unspecified atom stereocenters. The van der Waals surface area contributed by atoms with Crippen molar-refractivity contribution < 1.29 is 22.7 Å². The maximum Gasteiger partial charge on any atom is 0.244 e. The molecule has 0 aliphatic heterocycles. The summed E-state index contributed by atoms with van der Waals surface area (Å²) in [5.74, 6) is -0.0471.